The van der Waals surface area contributed by atoms with Gasteiger partial charge in [0.15, 0.2) is 5.82 Å². The molecule has 0 saturated carbocycles. The molecule has 0 aliphatic rings. The summed E-state index contributed by atoms with van der Waals surface area (Å²) in [5.74, 6) is -0.271. The number of rotatable bonds is 5. The Kier molecular flexibility index (Phi) is 6.04. The fourth-order valence-electron chi connectivity index (χ4n) is 3.46. The van der Waals surface area contributed by atoms with Gasteiger partial charge in [0, 0.05) is 24.0 Å². The Bertz CT molecular complexity index is 1560. The SMILES string of the molecule is Cc1cc2c(C#N)c(-c3ccc(S(=O)(=O)N[C@@H](C)C(F)(F)F)cn3)n(-c3cnccn3)c2cc1F. The van der Waals surface area contributed by atoms with Crippen LogP contribution in [-0.4, -0.2) is 40.2 Å². The highest BCUT2D eigenvalue weighted by Crippen LogP contribution is 2.36. The Morgan fingerprint density at radius 3 is 2.46 bits per heavy atom. The third-order valence-electron chi connectivity index (χ3n) is 5.25. The number of nitrogens with one attached hydrogen (secondary N) is 1. The Labute approximate surface area is 196 Å². The van der Waals surface area contributed by atoms with E-state index in [9.17, 15) is 31.2 Å². The van der Waals surface area contributed by atoms with Crippen molar-refractivity contribution in [2.24, 2.45) is 0 Å². The summed E-state index contributed by atoms with van der Waals surface area (Å²) in [7, 11) is -4.53. The summed E-state index contributed by atoms with van der Waals surface area (Å²) in [4.78, 5) is 11.8. The number of alkyl halides is 3. The van der Waals surface area contributed by atoms with Gasteiger partial charge in [-0.3, -0.25) is 14.5 Å². The Morgan fingerprint density at radius 1 is 1.14 bits per heavy atom. The number of hydrogen-bond donors (Lipinski definition) is 1. The van der Waals surface area contributed by atoms with Crippen molar-refractivity contribution in [3.05, 3.63) is 66.0 Å². The number of sulfonamides is 1. The lowest BCUT2D eigenvalue weighted by Gasteiger charge is -2.17. The average molecular weight is 504 g/mol. The van der Waals surface area contributed by atoms with Gasteiger partial charge in [-0.1, -0.05) is 0 Å². The molecule has 3 aromatic heterocycles. The first-order chi connectivity index (χ1) is 16.4. The summed E-state index contributed by atoms with van der Waals surface area (Å²) >= 11 is 0. The molecule has 1 atom stereocenters. The van der Waals surface area contributed by atoms with Crippen LogP contribution in [0.2, 0.25) is 0 Å². The smallest absolute Gasteiger partial charge is 0.289 e. The molecule has 0 radical (unpaired) electrons. The summed E-state index contributed by atoms with van der Waals surface area (Å²) in [6, 6.07) is 4.82. The highest BCUT2D eigenvalue weighted by Gasteiger charge is 2.39. The zero-order valence-electron chi connectivity index (χ0n) is 18.2. The van der Waals surface area contributed by atoms with Crippen LogP contribution in [0.3, 0.4) is 0 Å². The number of hydrogen-bond acceptors (Lipinski definition) is 6. The molecule has 0 bridgehead atoms. The van der Waals surface area contributed by atoms with Gasteiger partial charge in [-0.05, 0) is 43.7 Å². The normalized spacial score (nSPS) is 13.1. The monoisotopic (exact) mass is 504 g/mol. The van der Waals surface area contributed by atoms with E-state index in [1.165, 1.54) is 41.4 Å². The van der Waals surface area contributed by atoms with Gasteiger partial charge < -0.3 is 0 Å². The maximum Gasteiger partial charge on any atom is 0.404 e. The Balaban J connectivity index is 1.90. The van der Waals surface area contributed by atoms with Crippen molar-refractivity contribution in [2.75, 3.05) is 0 Å². The molecule has 8 nitrogen and oxygen atoms in total. The summed E-state index contributed by atoms with van der Waals surface area (Å²) in [5, 5.41) is 10.3. The van der Waals surface area contributed by atoms with E-state index < -0.39 is 33.0 Å². The van der Waals surface area contributed by atoms with Crippen molar-refractivity contribution in [2.45, 2.75) is 31.0 Å². The standard InChI is InChI=1S/C22H16F4N6O2S/c1-12-7-15-16(9-27)21(32(19(15)8-17(12)23)20-11-28-5-6-29-20)18-4-3-14(10-30-18)35(33,34)31-13(2)22(24,25)26/h3-8,10-11,13,31H,1-2H3/t13-/m0/s1. The van der Waals surface area contributed by atoms with E-state index in [4.69, 9.17) is 0 Å². The van der Waals surface area contributed by atoms with E-state index in [0.29, 0.717) is 23.4 Å². The molecule has 0 fully saturated rings. The van der Waals surface area contributed by atoms with Crippen molar-refractivity contribution in [3.8, 4) is 23.3 Å². The van der Waals surface area contributed by atoms with Crippen molar-refractivity contribution in [1.29, 1.82) is 5.26 Å². The molecule has 4 aromatic rings. The van der Waals surface area contributed by atoms with E-state index in [0.717, 1.165) is 12.3 Å². The zero-order chi connectivity index (χ0) is 25.5. The number of fused-ring (bicyclic) bond motifs is 1. The van der Waals surface area contributed by atoms with Gasteiger partial charge in [0.1, 0.15) is 22.8 Å². The van der Waals surface area contributed by atoms with Crippen molar-refractivity contribution in [3.63, 3.8) is 0 Å². The minimum absolute atomic E-state index is 0.115. The predicted molar refractivity (Wildman–Crippen MR) is 117 cm³/mol. The van der Waals surface area contributed by atoms with Gasteiger partial charge in [-0.15, -0.1) is 0 Å². The third-order valence-corrected chi connectivity index (χ3v) is 6.78. The van der Waals surface area contributed by atoms with Gasteiger partial charge >= 0.3 is 6.18 Å². The zero-order valence-corrected chi connectivity index (χ0v) is 19.0. The van der Waals surface area contributed by atoms with Crippen LogP contribution in [0, 0.1) is 24.1 Å². The van der Waals surface area contributed by atoms with Crippen LogP contribution in [-0.2, 0) is 10.0 Å². The minimum Gasteiger partial charge on any atom is -0.289 e. The molecule has 0 saturated heterocycles. The molecule has 35 heavy (non-hydrogen) atoms. The number of nitriles is 1. The van der Waals surface area contributed by atoms with Crippen LogP contribution in [0.25, 0.3) is 28.1 Å². The lowest BCUT2D eigenvalue weighted by Crippen LogP contribution is -2.42. The lowest BCUT2D eigenvalue weighted by molar-refractivity contribution is -0.147. The van der Waals surface area contributed by atoms with E-state index in [1.54, 1.807) is 11.6 Å². The first kappa shape index (κ1) is 24.2. The third kappa shape index (κ3) is 4.45. The Morgan fingerprint density at radius 2 is 1.89 bits per heavy atom. The molecular formula is C22H16F4N6O2S. The number of aryl methyl sites for hydroxylation is 1. The maximum absolute atomic E-state index is 14.5. The first-order valence-electron chi connectivity index (χ1n) is 10.0. The minimum atomic E-state index is -4.77. The number of nitrogens with zero attached hydrogens (tertiary/aromatic N) is 5. The summed E-state index contributed by atoms with van der Waals surface area (Å²) in [6.07, 6.45) is 0.332. The van der Waals surface area contributed by atoms with Gasteiger partial charge in [0.25, 0.3) is 0 Å². The molecular weight excluding hydrogens is 488 g/mol. The average Bonchev–Trinajstić information content (AvgIpc) is 3.12. The van der Waals surface area contributed by atoms with Crippen molar-refractivity contribution in [1.82, 2.24) is 24.2 Å². The van der Waals surface area contributed by atoms with E-state index in [1.807, 2.05) is 0 Å². The molecule has 180 valence electrons. The molecule has 1 N–H and O–H groups in total. The van der Waals surface area contributed by atoms with E-state index >= 15 is 0 Å². The van der Waals surface area contributed by atoms with Gasteiger partial charge in [0.05, 0.1) is 28.7 Å². The van der Waals surface area contributed by atoms with Crippen LogP contribution in [0.4, 0.5) is 17.6 Å². The van der Waals surface area contributed by atoms with Crippen LogP contribution in [0.15, 0.2) is 53.9 Å². The fourth-order valence-corrected chi connectivity index (χ4v) is 4.64. The number of halogens is 4. The van der Waals surface area contributed by atoms with Gasteiger partial charge in [-0.25, -0.2) is 17.8 Å². The second kappa shape index (κ2) is 8.71. The Hall–Kier alpha value is -3.89. The second-order valence-electron chi connectivity index (χ2n) is 7.62. The molecule has 0 aliphatic heterocycles. The summed E-state index contributed by atoms with van der Waals surface area (Å²) < 4.78 is 80.7. The van der Waals surface area contributed by atoms with Gasteiger partial charge in [0.2, 0.25) is 10.0 Å². The van der Waals surface area contributed by atoms with Crippen LogP contribution in [0.1, 0.15) is 18.1 Å². The maximum atomic E-state index is 14.5. The summed E-state index contributed by atoms with van der Waals surface area (Å²) in [6.45, 7) is 2.22. The largest absolute Gasteiger partial charge is 0.404 e. The van der Waals surface area contributed by atoms with Crippen molar-refractivity contribution >= 4 is 20.9 Å². The molecule has 3 heterocycles. The predicted octanol–water partition coefficient (Wildman–Crippen LogP) is 4.03. The fraction of sp³-hybridized carbons (Fsp3) is 0.182. The van der Waals surface area contributed by atoms with Crippen LogP contribution < -0.4 is 4.72 Å². The summed E-state index contributed by atoms with van der Waals surface area (Å²) in [5.41, 5.74) is 1.04. The van der Waals surface area contributed by atoms with E-state index in [-0.39, 0.29) is 22.8 Å². The molecule has 1 aromatic carbocycles. The topological polar surface area (TPSA) is 114 Å². The highest BCUT2D eigenvalue weighted by atomic mass is 32.2. The number of pyridine rings is 1. The second-order valence-corrected chi connectivity index (χ2v) is 9.33. The van der Waals surface area contributed by atoms with Crippen LogP contribution in [0.5, 0.6) is 0 Å². The highest BCUT2D eigenvalue weighted by molar-refractivity contribution is 7.89. The molecule has 4 rings (SSSR count). The van der Waals surface area contributed by atoms with Crippen LogP contribution >= 0.6 is 0 Å². The number of benzene rings is 1. The van der Waals surface area contributed by atoms with Gasteiger partial charge in [-0.2, -0.15) is 23.2 Å². The molecule has 13 heteroatoms. The van der Waals surface area contributed by atoms with Crippen molar-refractivity contribution < 1.29 is 26.0 Å². The lowest BCUT2D eigenvalue weighted by atomic mass is 10.1. The quantitative estimate of drug-likeness (QED) is 0.411. The molecule has 0 aliphatic carbocycles. The molecule has 0 unspecified atom stereocenters. The molecule has 0 spiro atoms. The molecule has 0 amide bonds. The first-order valence-corrected chi connectivity index (χ1v) is 11.5. The van der Waals surface area contributed by atoms with E-state index in [2.05, 4.69) is 21.0 Å². The number of aromatic nitrogens is 4.